The lowest BCUT2D eigenvalue weighted by Crippen LogP contribution is -2.54. The molecule has 0 aromatic heterocycles. The van der Waals surface area contributed by atoms with Crippen LogP contribution in [0.5, 0.6) is 11.5 Å². The number of rotatable bonds is 10. The highest BCUT2D eigenvalue weighted by Crippen LogP contribution is 2.51. The molecule has 1 N–H and O–H groups in total. The molecule has 0 bridgehead atoms. The Hall–Kier alpha value is -6.46. The second-order valence-corrected chi connectivity index (χ2v) is 19.7. The molecule has 18 nitrogen and oxygen atoms in total. The summed E-state index contributed by atoms with van der Waals surface area (Å²) in [5.41, 5.74) is 4.30. The minimum Gasteiger partial charge on any atom is -0.497 e. The molecular weight excluding hydrogens is 883 g/mol. The van der Waals surface area contributed by atoms with E-state index in [-0.39, 0.29) is 22.4 Å². The smallest absolute Gasteiger partial charge is 0.497 e. The Balaban J connectivity index is 0.000000254. The number of hydrogen-bond donors (Lipinski definition) is 1. The Morgan fingerprint density at radius 2 is 0.971 bits per heavy atom. The van der Waals surface area contributed by atoms with Crippen LogP contribution in [0.4, 0.5) is 19.2 Å². The topological polar surface area (TPSA) is 204 Å². The molecule has 68 heavy (non-hydrogen) atoms. The second kappa shape index (κ2) is 21.7. The molecule has 4 aliphatic rings. The van der Waals surface area contributed by atoms with E-state index in [1.165, 1.54) is 0 Å². The van der Waals surface area contributed by atoms with E-state index < -0.39 is 73.1 Å². The average molecular weight is 950 g/mol. The van der Waals surface area contributed by atoms with Crippen molar-refractivity contribution in [1.82, 2.24) is 15.5 Å². The summed E-state index contributed by atoms with van der Waals surface area (Å²) in [7, 11) is 3.12. The Morgan fingerprint density at radius 3 is 1.38 bits per heavy atom. The number of hydrogen-bond acceptors (Lipinski definition) is 15. The van der Waals surface area contributed by atoms with Gasteiger partial charge < -0.3 is 37.9 Å². The number of amides is 3. The maximum atomic E-state index is 13.3. The summed E-state index contributed by atoms with van der Waals surface area (Å²) in [5.74, 6) is 0.841. The number of nitrogens with zero attached hydrogens (tertiary/aromatic N) is 2. The summed E-state index contributed by atoms with van der Waals surface area (Å²) in [6, 6.07) is 14.3. The van der Waals surface area contributed by atoms with Gasteiger partial charge in [0, 0.05) is 36.8 Å². The van der Waals surface area contributed by atoms with Gasteiger partial charge in [0.15, 0.2) is 11.6 Å². The van der Waals surface area contributed by atoms with Gasteiger partial charge in [-0.05, 0) is 102 Å². The van der Waals surface area contributed by atoms with Crippen LogP contribution in [0.3, 0.4) is 0 Å². The Labute approximate surface area is 398 Å². The van der Waals surface area contributed by atoms with Crippen molar-refractivity contribution >= 4 is 36.0 Å². The van der Waals surface area contributed by atoms with Crippen molar-refractivity contribution in [2.75, 3.05) is 14.2 Å². The molecule has 6 rings (SSSR count). The molecule has 0 saturated heterocycles. The number of Topliss-reactive ketones (excluding diaryl/α,β-unsaturated/α-hetero) is 2. The summed E-state index contributed by atoms with van der Waals surface area (Å²) in [5, 5.41) is 1.72. The van der Waals surface area contributed by atoms with Crippen molar-refractivity contribution in [2.24, 2.45) is 10.8 Å². The number of carbonyl (C=O) groups is 6. The third kappa shape index (κ3) is 12.9. The monoisotopic (exact) mass is 949 g/mol. The number of nitrogens with one attached hydrogen (secondary N) is 1. The molecule has 0 saturated carbocycles. The summed E-state index contributed by atoms with van der Waals surface area (Å²) < 4.78 is 43.9. The van der Waals surface area contributed by atoms with Crippen molar-refractivity contribution in [3.63, 3.8) is 0 Å². The van der Waals surface area contributed by atoms with Gasteiger partial charge in [-0.15, -0.1) is 0 Å². The standard InChI is InChI=1S/C25H34N2O7.C25H33NO8/c1-14(2)32-23(29)26-27(24(30)33-15(3)4)22-20(16-8-10-17(31-7)11-9-16)21-18(28)12-25(5,6)13-19(21)34-22;1-14(2)31-23(28)26(34-24(29)32-15(3)4)22-20(16-8-10-17(30-7)11-9-16)21-18(27)12-25(5,6)13-19(21)33-22/h8-11,14-15,20,22H,12-13H2,1-7H3,(H,26,29);8-11,14-15,20,22H,12-13H2,1-7H3/t2*20-,22-/m11/s1. The van der Waals surface area contributed by atoms with E-state index in [2.05, 4.69) is 5.43 Å². The molecule has 2 heterocycles. The molecule has 372 valence electrons. The molecule has 2 aromatic rings. The number of ketones is 2. The number of hydrazine groups is 1. The number of allylic oxidation sites excluding steroid dienone is 2. The van der Waals surface area contributed by atoms with Crippen LogP contribution in [0, 0.1) is 10.8 Å². The third-order valence-electron chi connectivity index (χ3n) is 11.0. The molecule has 2 aromatic carbocycles. The van der Waals surface area contributed by atoms with Gasteiger partial charge in [0.25, 0.3) is 0 Å². The van der Waals surface area contributed by atoms with Gasteiger partial charge in [0.2, 0.25) is 12.5 Å². The molecular formula is C50H67N3O15. The van der Waals surface area contributed by atoms with Crippen LogP contribution < -0.4 is 14.9 Å². The van der Waals surface area contributed by atoms with Crippen molar-refractivity contribution in [2.45, 2.75) is 157 Å². The van der Waals surface area contributed by atoms with E-state index in [9.17, 15) is 28.8 Å². The SMILES string of the molecule is COc1ccc([C@@H]2C3=C(CC(C)(C)CC3=O)O[C@H]2N(NC(=O)OC(C)C)C(=O)OC(C)C)cc1.COc1ccc([C@@H]2C3=C(CC(C)(C)CC3=O)O[C@H]2N(OC(=O)OC(C)C)C(=O)OC(C)C)cc1. The molecule has 4 atom stereocenters. The zero-order valence-corrected chi connectivity index (χ0v) is 41.6. The second-order valence-electron chi connectivity index (χ2n) is 19.7. The van der Waals surface area contributed by atoms with E-state index in [0.29, 0.717) is 65.4 Å². The first-order valence-electron chi connectivity index (χ1n) is 22.8. The fourth-order valence-electron chi connectivity index (χ4n) is 8.39. The fourth-order valence-corrected chi connectivity index (χ4v) is 8.39. The summed E-state index contributed by atoms with van der Waals surface area (Å²) in [6.45, 7) is 21.4. The average Bonchev–Trinajstić information content (AvgIpc) is 3.79. The van der Waals surface area contributed by atoms with Crippen LogP contribution in [-0.4, -0.2) is 97.2 Å². The number of methoxy groups -OCH3 is 2. The van der Waals surface area contributed by atoms with Gasteiger partial charge in [-0.3, -0.25) is 14.4 Å². The first-order valence-corrected chi connectivity index (χ1v) is 22.8. The van der Waals surface area contributed by atoms with Crippen LogP contribution >= 0.6 is 0 Å². The molecule has 18 heteroatoms. The highest BCUT2D eigenvalue weighted by atomic mass is 16.9. The van der Waals surface area contributed by atoms with E-state index >= 15 is 0 Å². The zero-order valence-electron chi connectivity index (χ0n) is 41.6. The zero-order chi connectivity index (χ0) is 50.4. The molecule has 0 radical (unpaired) electrons. The van der Waals surface area contributed by atoms with Crippen molar-refractivity contribution in [3.8, 4) is 11.5 Å². The Kier molecular flexibility index (Phi) is 16.7. The first kappa shape index (κ1) is 52.5. The molecule has 0 fully saturated rings. The van der Waals surface area contributed by atoms with E-state index in [1.54, 1.807) is 106 Å². The number of ether oxygens (including phenoxy) is 8. The summed E-state index contributed by atoms with van der Waals surface area (Å²) >= 11 is 0. The first-order chi connectivity index (χ1) is 31.8. The number of carbonyl (C=O) groups excluding carboxylic acids is 6. The number of benzene rings is 2. The van der Waals surface area contributed by atoms with E-state index in [0.717, 1.165) is 15.6 Å². The maximum absolute atomic E-state index is 13.3. The molecule has 2 aliphatic heterocycles. The van der Waals surface area contributed by atoms with E-state index in [4.69, 9.17) is 42.7 Å². The molecule has 2 aliphatic carbocycles. The van der Waals surface area contributed by atoms with Crippen LogP contribution in [0.15, 0.2) is 71.2 Å². The quantitative estimate of drug-likeness (QED) is 0.134. The largest absolute Gasteiger partial charge is 0.533 e. The van der Waals surface area contributed by atoms with Crippen LogP contribution in [0.2, 0.25) is 0 Å². The Morgan fingerprint density at radius 1 is 0.574 bits per heavy atom. The highest BCUT2D eigenvalue weighted by Gasteiger charge is 2.53. The predicted octanol–water partition coefficient (Wildman–Crippen LogP) is 9.78. The third-order valence-corrected chi connectivity index (χ3v) is 11.0. The van der Waals surface area contributed by atoms with Crippen molar-refractivity contribution < 1.29 is 71.5 Å². The molecule has 0 spiro atoms. The molecule has 0 unspecified atom stereocenters. The van der Waals surface area contributed by atoms with Crippen LogP contribution in [0.25, 0.3) is 0 Å². The van der Waals surface area contributed by atoms with Crippen LogP contribution in [-0.2, 0) is 42.8 Å². The van der Waals surface area contributed by atoms with E-state index in [1.807, 2.05) is 39.8 Å². The van der Waals surface area contributed by atoms with Gasteiger partial charge >= 0.3 is 24.4 Å². The minimum absolute atomic E-state index is 0.0449. The number of hydroxylamine groups is 2. The van der Waals surface area contributed by atoms with Gasteiger partial charge in [0.05, 0.1) is 50.5 Å². The minimum atomic E-state index is -1.15. The van der Waals surface area contributed by atoms with Crippen LogP contribution in [0.1, 0.15) is 132 Å². The summed E-state index contributed by atoms with van der Waals surface area (Å²) in [4.78, 5) is 82.8. The fraction of sp³-hybridized carbons (Fsp3) is 0.560. The summed E-state index contributed by atoms with van der Waals surface area (Å²) in [6.07, 6.45) is -5.92. The van der Waals surface area contributed by atoms with Gasteiger partial charge in [0.1, 0.15) is 23.0 Å². The lowest BCUT2D eigenvalue weighted by atomic mass is 9.73. The lowest BCUT2D eigenvalue weighted by molar-refractivity contribution is -0.195. The molecule has 3 amide bonds. The van der Waals surface area contributed by atoms with Gasteiger partial charge in [-0.2, -0.15) is 5.01 Å². The normalized spacial score (nSPS) is 21.1. The van der Waals surface area contributed by atoms with Crippen molar-refractivity contribution in [3.05, 3.63) is 82.3 Å². The maximum Gasteiger partial charge on any atom is 0.533 e. The lowest BCUT2D eigenvalue weighted by Gasteiger charge is -2.32. The highest BCUT2D eigenvalue weighted by molar-refractivity contribution is 6.00. The van der Waals surface area contributed by atoms with Gasteiger partial charge in [-0.1, -0.05) is 57.0 Å². The van der Waals surface area contributed by atoms with Gasteiger partial charge in [-0.25, -0.2) is 24.6 Å². The Bertz CT molecular complexity index is 2090. The predicted molar refractivity (Wildman–Crippen MR) is 246 cm³/mol. The van der Waals surface area contributed by atoms with Crippen molar-refractivity contribution in [1.29, 1.82) is 0 Å².